The first-order valence-corrected chi connectivity index (χ1v) is 5.60. The molecule has 0 bridgehead atoms. The number of Topliss-reactive ketones (excluding diaryl/α,β-unsaturated/α-hetero) is 1. The highest BCUT2D eigenvalue weighted by Crippen LogP contribution is 2.15. The molecule has 0 N–H and O–H groups in total. The van der Waals surface area contributed by atoms with Gasteiger partial charge in [0.05, 0.1) is 0 Å². The Bertz CT molecular complexity index is 571. The van der Waals surface area contributed by atoms with Gasteiger partial charge < -0.3 is 0 Å². The van der Waals surface area contributed by atoms with Crippen LogP contribution in [0.1, 0.15) is 21.5 Å². The Hall–Kier alpha value is -2.03. The lowest BCUT2D eigenvalue weighted by atomic mass is 10.0. The van der Waals surface area contributed by atoms with Gasteiger partial charge in [-0.25, -0.2) is 8.78 Å². The van der Waals surface area contributed by atoms with Gasteiger partial charge in [0.2, 0.25) is 0 Å². The van der Waals surface area contributed by atoms with Crippen molar-refractivity contribution in [3.05, 3.63) is 70.8 Å². The van der Waals surface area contributed by atoms with E-state index in [9.17, 15) is 13.6 Å². The van der Waals surface area contributed by atoms with E-state index in [2.05, 4.69) is 0 Å². The molecule has 0 heterocycles. The van der Waals surface area contributed by atoms with E-state index in [1.54, 1.807) is 18.2 Å². The van der Waals surface area contributed by atoms with E-state index in [1.807, 2.05) is 13.0 Å². The fourth-order valence-electron chi connectivity index (χ4n) is 1.78. The summed E-state index contributed by atoms with van der Waals surface area (Å²) in [4.78, 5) is 11.9. The van der Waals surface area contributed by atoms with E-state index in [0.29, 0.717) is 5.56 Å². The summed E-state index contributed by atoms with van der Waals surface area (Å²) in [5, 5.41) is 0. The van der Waals surface area contributed by atoms with Crippen molar-refractivity contribution in [2.75, 3.05) is 0 Å². The van der Waals surface area contributed by atoms with Crippen LogP contribution in [-0.2, 0) is 6.42 Å². The van der Waals surface area contributed by atoms with E-state index in [1.165, 1.54) is 6.07 Å². The molecule has 2 rings (SSSR count). The minimum absolute atomic E-state index is 0.177. The maximum Gasteiger partial charge on any atom is 0.167 e. The van der Waals surface area contributed by atoms with Crippen LogP contribution in [0.15, 0.2) is 42.5 Å². The van der Waals surface area contributed by atoms with Crippen molar-refractivity contribution >= 4 is 5.78 Å². The number of ketones is 1. The zero-order chi connectivity index (χ0) is 13.1. The van der Waals surface area contributed by atoms with E-state index in [0.717, 1.165) is 17.7 Å². The van der Waals surface area contributed by atoms with Crippen LogP contribution in [0.4, 0.5) is 8.78 Å². The smallest absolute Gasteiger partial charge is 0.167 e. The summed E-state index contributed by atoms with van der Waals surface area (Å²) in [6.45, 7) is 1.86. The number of carbonyl (C=O) groups excluding carboxylic acids is 1. The van der Waals surface area contributed by atoms with Crippen molar-refractivity contribution in [2.45, 2.75) is 13.3 Å². The van der Waals surface area contributed by atoms with Gasteiger partial charge >= 0.3 is 0 Å². The van der Waals surface area contributed by atoms with Crippen molar-refractivity contribution in [2.24, 2.45) is 0 Å². The monoisotopic (exact) mass is 246 g/mol. The number of carbonyl (C=O) groups is 1. The maximum absolute atomic E-state index is 13.4. The second-order valence-electron chi connectivity index (χ2n) is 4.17. The summed E-state index contributed by atoms with van der Waals surface area (Å²) >= 11 is 0. The molecule has 0 saturated heterocycles. The zero-order valence-electron chi connectivity index (χ0n) is 9.91. The fraction of sp³-hybridized carbons (Fsp3) is 0.133. The molecule has 0 aliphatic rings. The van der Waals surface area contributed by atoms with Gasteiger partial charge in [-0.3, -0.25) is 4.79 Å². The molecule has 92 valence electrons. The number of hydrogen-bond donors (Lipinski definition) is 0. The highest BCUT2D eigenvalue weighted by Gasteiger charge is 2.14. The molecule has 1 nitrogen and oxygen atoms in total. The van der Waals surface area contributed by atoms with E-state index < -0.39 is 11.6 Å². The van der Waals surface area contributed by atoms with Gasteiger partial charge in [-0.15, -0.1) is 0 Å². The Balaban J connectivity index is 2.27. The van der Waals surface area contributed by atoms with Gasteiger partial charge in [0.1, 0.15) is 11.6 Å². The van der Waals surface area contributed by atoms with Crippen LogP contribution in [0.2, 0.25) is 0 Å². The fourth-order valence-corrected chi connectivity index (χ4v) is 1.78. The molecule has 0 amide bonds. The Kier molecular flexibility index (Phi) is 3.51. The quantitative estimate of drug-likeness (QED) is 0.755. The lowest BCUT2D eigenvalue weighted by Gasteiger charge is -2.05. The minimum Gasteiger partial charge on any atom is -0.294 e. The molecule has 0 aliphatic heterocycles. The summed E-state index contributed by atoms with van der Waals surface area (Å²) in [6, 6.07) is 10.6. The lowest BCUT2D eigenvalue weighted by molar-refractivity contribution is 0.0990. The third-order valence-corrected chi connectivity index (χ3v) is 2.74. The topological polar surface area (TPSA) is 17.1 Å². The first-order chi connectivity index (χ1) is 8.58. The first kappa shape index (κ1) is 12.4. The largest absolute Gasteiger partial charge is 0.294 e. The summed E-state index contributed by atoms with van der Waals surface area (Å²) in [5.41, 5.74) is 1.23. The normalized spacial score (nSPS) is 10.4. The van der Waals surface area contributed by atoms with Gasteiger partial charge in [-0.05, 0) is 25.1 Å². The van der Waals surface area contributed by atoms with Crippen LogP contribution in [0.5, 0.6) is 0 Å². The minimum atomic E-state index is -0.684. The van der Waals surface area contributed by atoms with Crippen molar-refractivity contribution in [3.8, 4) is 0 Å². The molecular formula is C15H12F2O. The van der Waals surface area contributed by atoms with Crippen LogP contribution in [-0.4, -0.2) is 5.78 Å². The average Bonchev–Trinajstić information content (AvgIpc) is 2.34. The predicted octanol–water partition coefficient (Wildman–Crippen LogP) is 3.70. The van der Waals surface area contributed by atoms with Gasteiger partial charge in [0.25, 0.3) is 0 Å². The van der Waals surface area contributed by atoms with E-state index >= 15 is 0 Å². The molecule has 2 aromatic carbocycles. The number of aryl methyl sites for hydroxylation is 1. The molecule has 18 heavy (non-hydrogen) atoms. The highest BCUT2D eigenvalue weighted by molar-refractivity contribution is 5.97. The molecule has 0 saturated carbocycles. The third kappa shape index (κ3) is 2.62. The Morgan fingerprint density at radius 1 is 1.06 bits per heavy atom. The molecule has 2 aromatic rings. The van der Waals surface area contributed by atoms with Crippen molar-refractivity contribution in [1.82, 2.24) is 0 Å². The van der Waals surface area contributed by atoms with Gasteiger partial charge in [0, 0.05) is 17.5 Å². The Labute approximate surface area is 104 Å². The predicted molar refractivity (Wildman–Crippen MR) is 65.6 cm³/mol. The second-order valence-corrected chi connectivity index (χ2v) is 4.17. The molecule has 3 heteroatoms. The SMILES string of the molecule is Cc1cccc(C(=O)Cc2c(F)cccc2F)c1. The number of halogens is 2. The standard InChI is InChI=1S/C15H12F2O/c1-10-4-2-5-11(8-10)15(18)9-12-13(16)6-3-7-14(12)17/h2-8H,9H2,1H3. The molecular weight excluding hydrogens is 234 g/mol. The Morgan fingerprint density at radius 2 is 1.67 bits per heavy atom. The molecule has 0 unspecified atom stereocenters. The molecule has 0 fully saturated rings. The first-order valence-electron chi connectivity index (χ1n) is 5.60. The third-order valence-electron chi connectivity index (χ3n) is 2.74. The van der Waals surface area contributed by atoms with Crippen molar-refractivity contribution in [1.29, 1.82) is 0 Å². The van der Waals surface area contributed by atoms with Crippen LogP contribution in [0, 0.1) is 18.6 Å². The van der Waals surface area contributed by atoms with Crippen molar-refractivity contribution < 1.29 is 13.6 Å². The molecule has 0 atom stereocenters. The molecule has 0 aromatic heterocycles. The van der Waals surface area contributed by atoms with Gasteiger partial charge in [0.15, 0.2) is 5.78 Å². The molecule has 0 aliphatic carbocycles. The van der Waals surface area contributed by atoms with Crippen LogP contribution < -0.4 is 0 Å². The van der Waals surface area contributed by atoms with E-state index in [4.69, 9.17) is 0 Å². The number of rotatable bonds is 3. The summed E-state index contributed by atoms with van der Waals surface area (Å²) < 4.78 is 26.8. The van der Waals surface area contributed by atoms with Crippen LogP contribution in [0.3, 0.4) is 0 Å². The lowest BCUT2D eigenvalue weighted by Crippen LogP contribution is -2.07. The van der Waals surface area contributed by atoms with E-state index in [-0.39, 0.29) is 17.8 Å². The second kappa shape index (κ2) is 5.08. The maximum atomic E-state index is 13.4. The molecule has 0 radical (unpaired) electrons. The summed E-state index contributed by atoms with van der Waals surface area (Å²) in [5.74, 6) is -1.66. The highest BCUT2D eigenvalue weighted by atomic mass is 19.1. The number of benzene rings is 2. The number of hydrogen-bond acceptors (Lipinski definition) is 1. The van der Waals surface area contributed by atoms with Crippen LogP contribution in [0.25, 0.3) is 0 Å². The molecule has 0 spiro atoms. The summed E-state index contributed by atoms with van der Waals surface area (Å²) in [7, 11) is 0. The average molecular weight is 246 g/mol. The Morgan fingerprint density at radius 3 is 2.28 bits per heavy atom. The zero-order valence-corrected chi connectivity index (χ0v) is 9.91. The van der Waals surface area contributed by atoms with Gasteiger partial charge in [-0.2, -0.15) is 0 Å². The van der Waals surface area contributed by atoms with Crippen LogP contribution >= 0.6 is 0 Å². The van der Waals surface area contributed by atoms with Gasteiger partial charge in [-0.1, -0.05) is 29.8 Å². The summed E-state index contributed by atoms with van der Waals surface area (Å²) in [6.07, 6.45) is -0.262. The van der Waals surface area contributed by atoms with Crippen molar-refractivity contribution in [3.63, 3.8) is 0 Å².